The van der Waals surface area contributed by atoms with Crippen molar-refractivity contribution in [2.45, 2.75) is 6.92 Å². The Morgan fingerprint density at radius 1 is 1.26 bits per heavy atom. The zero-order valence-electron chi connectivity index (χ0n) is 12.2. The highest BCUT2D eigenvalue weighted by Gasteiger charge is 2.23. The number of nitrogens with zero attached hydrogens (tertiary/aromatic N) is 1. The van der Waals surface area contributed by atoms with Crippen molar-refractivity contribution in [3.05, 3.63) is 51.6 Å². The van der Waals surface area contributed by atoms with Gasteiger partial charge in [-0.3, -0.25) is 9.59 Å². The third-order valence-electron chi connectivity index (χ3n) is 2.89. The maximum Gasteiger partial charge on any atom is 0.264 e. The quantitative estimate of drug-likeness (QED) is 0.837. The minimum Gasteiger partial charge on any atom is -0.326 e. The van der Waals surface area contributed by atoms with E-state index in [0.717, 1.165) is 4.88 Å². The van der Waals surface area contributed by atoms with E-state index in [1.54, 1.807) is 35.6 Å². The van der Waals surface area contributed by atoms with Crippen molar-refractivity contribution < 1.29 is 9.59 Å². The number of hydrogen-bond donors (Lipinski definition) is 2. The van der Waals surface area contributed by atoms with E-state index in [4.69, 9.17) is 0 Å². The molecule has 0 bridgehead atoms. The van der Waals surface area contributed by atoms with Gasteiger partial charge in [-0.1, -0.05) is 6.07 Å². The highest BCUT2D eigenvalue weighted by molar-refractivity contribution is 8.18. The van der Waals surface area contributed by atoms with Gasteiger partial charge in [-0.2, -0.15) is 0 Å². The maximum absolute atomic E-state index is 12.0. The lowest BCUT2D eigenvalue weighted by Crippen LogP contribution is -2.19. The Morgan fingerprint density at radius 3 is 2.70 bits per heavy atom. The van der Waals surface area contributed by atoms with Crippen LogP contribution in [0.3, 0.4) is 0 Å². The summed E-state index contributed by atoms with van der Waals surface area (Å²) in [7, 11) is 0. The zero-order valence-corrected chi connectivity index (χ0v) is 13.8. The van der Waals surface area contributed by atoms with E-state index in [9.17, 15) is 9.59 Å². The Kier molecular flexibility index (Phi) is 4.59. The fourth-order valence-corrected chi connectivity index (χ4v) is 3.49. The summed E-state index contributed by atoms with van der Waals surface area (Å²) in [5, 5.41) is 7.96. The van der Waals surface area contributed by atoms with Gasteiger partial charge in [0.05, 0.1) is 10.6 Å². The first kappa shape index (κ1) is 15.5. The average molecular weight is 343 g/mol. The molecule has 0 aliphatic carbocycles. The molecule has 1 fully saturated rings. The first-order valence-corrected chi connectivity index (χ1v) is 8.50. The molecular weight excluding hydrogens is 330 g/mol. The molecule has 0 unspecified atom stereocenters. The smallest absolute Gasteiger partial charge is 0.264 e. The standard InChI is InChI=1S/C16H13N3O2S2/c1-10(20)17-11-4-6-12(7-5-11)18-16-19-15(21)14(23-16)9-13-3-2-8-22-13/h2-9H,1H3,(H,17,20)(H,18,19,21)/b14-9+. The molecule has 5 nitrogen and oxygen atoms in total. The van der Waals surface area contributed by atoms with Crippen molar-refractivity contribution in [3.63, 3.8) is 0 Å². The fraction of sp³-hybridized carbons (Fsp3) is 0.0625. The van der Waals surface area contributed by atoms with E-state index in [2.05, 4.69) is 15.6 Å². The lowest BCUT2D eigenvalue weighted by Gasteiger charge is -2.02. The summed E-state index contributed by atoms with van der Waals surface area (Å²) < 4.78 is 0. The predicted octanol–water partition coefficient (Wildman–Crippen LogP) is 3.60. The second kappa shape index (κ2) is 6.80. The molecule has 1 aliphatic heterocycles. The van der Waals surface area contributed by atoms with Crippen LogP contribution in [-0.4, -0.2) is 17.0 Å². The van der Waals surface area contributed by atoms with Gasteiger partial charge in [0, 0.05) is 17.5 Å². The van der Waals surface area contributed by atoms with Crippen LogP contribution in [0.5, 0.6) is 0 Å². The predicted molar refractivity (Wildman–Crippen MR) is 95.9 cm³/mol. The molecule has 0 spiro atoms. The Labute approximate surface area is 141 Å². The molecule has 1 aliphatic rings. The van der Waals surface area contributed by atoms with E-state index in [-0.39, 0.29) is 11.8 Å². The van der Waals surface area contributed by atoms with Crippen LogP contribution >= 0.6 is 23.1 Å². The van der Waals surface area contributed by atoms with Gasteiger partial charge < -0.3 is 10.6 Å². The van der Waals surface area contributed by atoms with Crippen LogP contribution in [0.25, 0.3) is 6.08 Å². The zero-order chi connectivity index (χ0) is 16.2. The molecule has 1 saturated heterocycles. The first-order valence-electron chi connectivity index (χ1n) is 6.81. The van der Waals surface area contributed by atoms with Gasteiger partial charge >= 0.3 is 0 Å². The molecule has 1 aromatic carbocycles. The molecular formula is C16H13N3O2S2. The highest BCUT2D eigenvalue weighted by atomic mass is 32.2. The van der Waals surface area contributed by atoms with Crippen molar-refractivity contribution in [2.75, 3.05) is 5.32 Å². The van der Waals surface area contributed by atoms with Crippen molar-refractivity contribution in [1.29, 1.82) is 0 Å². The van der Waals surface area contributed by atoms with Gasteiger partial charge in [0.25, 0.3) is 5.91 Å². The number of carbonyl (C=O) groups excluding carboxylic acids is 2. The second-order valence-electron chi connectivity index (χ2n) is 4.73. The highest BCUT2D eigenvalue weighted by Crippen LogP contribution is 2.29. The topological polar surface area (TPSA) is 70.6 Å². The van der Waals surface area contributed by atoms with Gasteiger partial charge in [0.2, 0.25) is 5.91 Å². The molecule has 2 N–H and O–H groups in total. The number of hydrogen-bond acceptors (Lipinski definition) is 5. The van der Waals surface area contributed by atoms with Gasteiger partial charge in [0.1, 0.15) is 0 Å². The maximum atomic E-state index is 12.0. The fourth-order valence-electron chi connectivity index (χ4n) is 1.92. The van der Waals surface area contributed by atoms with Gasteiger partial charge in [-0.25, -0.2) is 4.99 Å². The molecule has 2 amide bonds. The largest absolute Gasteiger partial charge is 0.326 e. The number of carbonyl (C=O) groups is 2. The molecule has 2 aromatic rings. The van der Waals surface area contributed by atoms with Crippen LogP contribution in [0.1, 0.15) is 11.8 Å². The van der Waals surface area contributed by atoms with E-state index in [0.29, 0.717) is 21.4 Å². The van der Waals surface area contributed by atoms with Gasteiger partial charge in [-0.05, 0) is 53.5 Å². The van der Waals surface area contributed by atoms with Crippen molar-refractivity contribution in [2.24, 2.45) is 4.99 Å². The Hall–Kier alpha value is -2.38. The summed E-state index contributed by atoms with van der Waals surface area (Å²) in [6.45, 7) is 1.46. The second-order valence-corrected chi connectivity index (χ2v) is 6.74. The molecule has 2 heterocycles. The van der Waals surface area contributed by atoms with E-state index in [1.807, 2.05) is 23.6 Å². The van der Waals surface area contributed by atoms with Crippen LogP contribution < -0.4 is 10.6 Å². The third-order valence-corrected chi connectivity index (χ3v) is 4.61. The summed E-state index contributed by atoms with van der Waals surface area (Å²) in [6, 6.07) is 11.0. The summed E-state index contributed by atoms with van der Waals surface area (Å²) in [6.07, 6.45) is 1.85. The van der Waals surface area contributed by atoms with Crippen LogP contribution in [-0.2, 0) is 9.59 Å². The number of amidine groups is 1. The molecule has 3 rings (SSSR count). The van der Waals surface area contributed by atoms with Crippen LogP contribution in [0.4, 0.5) is 11.4 Å². The minimum absolute atomic E-state index is 0.119. The normalized spacial score (nSPS) is 17.5. The van der Waals surface area contributed by atoms with E-state index < -0.39 is 0 Å². The Bertz CT molecular complexity index is 793. The van der Waals surface area contributed by atoms with Crippen molar-refractivity contribution in [3.8, 4) is 0 Å². The number of nitrogens with one attached hydrogen (secondary N) is 2. The lowest BCUT2D eigenvalue weighted by atomic mass is 10.3. The van der Waals surface area contributed by atoms with Gasteiger partial charge in [-0.15, -0.1) is 11.3 Å². The number of thioether (sulfide) groups is 1. The summed E-state index contributed by atoms with van der Waals surface area (Å²) in [5.41, 5.74) is 1.42. The van der Waals surface area contributed by atoms with Crippen LogP contribution in [0.15, 0.2) is 51.7 Å². The average Bonchev–Trinajstić information content (AvgIpc) is 3.12. The summed E-state index contributed by atoms with van der Waals surface area (Å²) in [4.78, 5) is 29.0. The molecule has 116 valence electrons. The SMILES string of the molecule is CC(=O)Nc1ccc(N=C2NC(=O)/C(=C\c3cccs3)S2)cc1. The molecule has 0 atom stereocenters. The Morgan fingerprint density at radius 2 is 2.04 bits per heavy atom. The van der Waals surface area contributed by atoms with Crippen molar-refractivity contribution in [1.82, 2.24) is 5.32 Å². The molecule has 7 heteroatoms. The van der Waals surface area contributed by atoms with Crippen LogP contribution in [0.2, 0.25) is 0 Å². The monoisotopic (exact) mass is 343 g/mol. The molecule has 0 saturated carbocycles. The minimum atomic E-state index is -0.142. The number of rotatable bonds is 3. The number of thiophene rings is 1. The molecule has 1 aromatic heterocycles. The lowest BCUT2D eigenvalue weighted by molar-refractivity contribution is -0.115. The number of anilines is 1. The molecule has 0 radical (unpaired) electrons. The van der Waals surface area contributed by atoms with Crippen molar-refractivity contribution >= 4 is 57.5 Å². The number of aliphatic imine (C=N–C) groups is 1. The van der Waals surface area contributed by atoms with Crippen LogP contribution in [0, 0.1) is 0 Å². The number of amides is 2. The summed E-state index contributed by atoms with van der Waals surface area (Å²) >= 11 is 2.89. The molecule has 23 heavy (non-hydrogen) atoms. The van der Waals surface area contributed by atoms with E-state index >= 15 is 0 Å². The van der Waals surface area contributed by atoms with Gasteiger partial charge in [0.15, 0.2) is 5.17 Å². The third kappa shape index (κ3) is 4.08. The Balaban J connectivity index is 1.74. The summed E-state index contributed by atoms with van der Waals surface area (Å²) in [5.74, 6) is -0.261. The first-order chi connectivity index (χ1) is 11.1. The number of benzene rings is 1. The van der Waals surface area contributed by atoms with E-state index in [1.165, 1.54) is 18.7 Å².